The maximum atomic E-state index is 12.7. The van der Waals surface area contributed by atoms with Gasteiger partial charge >= 0.3 is 23.9 Å². The van der Waals surface area contributed by atoms with E-state index in [0.29, 0.717) is 0 Å². The second-order valence-electron chi connectivity index (χ2n) is 16.9. The number of hydrogen-bond acceptors (Lipinski definition) is 10. The van der Waals surface area contributed by atoms with Crippen LogP contribution in [0.15, 0.2) is 133 Å². The Bertz CT molecular complexity index is 2420. The monoisotopic (exact) mass is 916 g/mol. The molecule has 0 N–H and O–H groups in total. The zero-order chi connectivity index (χ0) is 48.7. The molecule has 354 valence electrons. The highest BCUT2D eigenvalue weighted by Crippen LogP contribution is 2.38. The Labute approximate surface area is 401 Å². The van der Waals surface area contributed by atoms with E-state index in [0.717, 1.165) is 58.1 Å². The van der Waals surface area contributed by atoms with Gasteiger partial charge in [-0.2, -0.15) is 0 Å². The van der Waals surface area contributed by atoms with Crippen molar-refractivity contribution in [3.05, 3.63) is 178 Å². The molecule has 6 aromatic rings. The number of rotatable bonds is 21. The number of carbonyl (C=O) groups excluding carboxylic acids is 4. The summed E-state index contributed by atoms with van der Waals surface area (Å²) in [5.41, 5.74) is 14.8. The molecule has 0 fully saturated rings. The molecule has 0 saturated carbocycles. The Balaban J connectivity index is 1.19. The Hall–Kier alpha value is -7.20. The van der Waals surface area contributed by atoms with Crippen LogP contribution in [0.4, 0.5) is 34.1 Å². The lowest BCUT2D eigenvalue weighted by molar-refractivity contribution is -0.163. The second kappa shape index (κ2) is 24.0. The average molecular weight is 917 g/mol. The smallest absolute Gasteiger partial charge is 0.320 e. The van der Waals surface area contributed by atoms with Gasteiger partial charge in [0, 0.05) is 34.1 Å². The van der Waals surface area contributed by atoms with Gasteiger partial charge in [0.1, 0.15) is 0 Å². The van der Waals surface area contributed by atoms with E-state index in [1.165, 1.54) is 33.4 Å². The molecule has 10 heteroatoms. The van der Waals surface area contributed by atoms with Gasteiger partial charge in [-0.05, 0) is 198 Å². The van der Waals surface area contributed by atoms with Crippen LogP contribution in [0.2, 0.25) is 0 Å². The van der Waals surface area contributed by atoms with Crippen LogP contribution in [0.25, 0.3) is 0 Å². The molecule has 0 heterocycles. The van der Waals surface area contributed by atoms with Gasteiger partial charge in [-0.3, -0.25) is 19.2 Å². The SMILES string of the molecule is CCOC(=O)C(Cc1ccc(N(c2ccc(CCc3ccc(N(c4ccc(CC(C(=O)OCC)C(=O)OCC)cc4)c4ccc(C)c(C)c4)cc3)cc2)c2ccc(C)c(C)c2)cc1)C(=O)OCC. The first-order valence-electron chi connectivity index (χ1n) is 23.6. The molecule has 0 aliphatic heterocycles. The van der Waals surface area contributed by atoms with Crippen LogP contribution in [0.5, 0.6) is 0 Å². The van der Waals surface area contributed by atoms with E-state index in [2.05, 4.69) is 122 Å². The van der Waals surface area contributed by atoms with E-state index < -0.39 is 35.7 Å². The Morgan fingerprint density at radius 3 is 0.853 bits per heavy atom. The third kappa shape index (κ3) is 12.8. The number of aryl methyl sites for hydroxylation is 6. The summed E-state index contributed by atoms with van der Waals surface area (Å²) in [6.07, 6.45) is 2.06. The predicted molar refractivity (Wildman–Crippen MR) is 270 cm³/mol. The summed E-state index contributed by atoms with van der Waals surface area (Å²) < 4.78 is 20.8. The van der Waals surface area contributed by atoms with Crippen molar-refractivity contribution >= 4 is 58.0 Å². The summed E-state index contributed by atoms with van der Waals surface area (Å²) in [7, 11) is 0. The van der Waals surface area contributed by atoms with Crippen molar-refractivity contribution < 1.29 is 38.1 Å². The third-order valence-electron chi connectivity index (χ3n) is 12.1. The number of anilines is 6. The molecule has 6 rings (SSSR count). The molecule has 0 amide bonds. The molecule has 0 saturated heterocycles. The highest BCUT2D eigenvalue weighted by Gasteiger charge is 2.31. The van der Waals surface area contributed by atoms with Gasteiger partial charge in [0.2, 0.25) is 0 Å². The normalized spacial score (nSPS) is 11.0. The number of benzene rings is 6. The second-order valence-corrected chi connectivity index (χ2v) is 16.9. The minimum atomic E-state index is -1.03. The molecule has 0 radical (unpaired) electrons. The quantitative estimate of drug-likeness (QED) is 0.0393. The number of hydrogen-bond donors (Lipinski definition) is 0. The van der Waals surface area contributed by atoms with Gasteiger partial charge < -0.3 is 28.7 Å². The number of esters is 4. The zero-order valence-corrected chi connectivity index (χ0v) is 40.7. The van der Waals surface area contributed by atoms with Crippen LogP contribution >= 0.6 is 0 Å². The molecule has 0 aliphatic carbocycles. The number of carbonyl (C=O) groups is 4. The first kappa shape index (κ1) is 50.2. The summed E-state index contributed by atoms with van der Waals surface area (Å²) in [4.78, 5) is 55.3. The van der Waals surface area contributed by atoms with Crippen LogP contribution in [-0.2, 0) is 63.8 Å². The fourth-order valence-corrected chi connectivity index (χ4v) is 8.07. The van der Waals surface area contributed by atoms with Crippen molar-refractivity contribution in [3.8, 4) is 0 Å². The van der Waals surface area contributed by atoms with E-state index in [9.17, 15) is 19.2 Å². The van der Waals surface area contributed by atoms with Gasteiger partial charge in [0.25, 0.3) is 0 Å². The predicted octanol–water partition coefficient (Wildman–Crippen LogP) is 12.2. The van der Waals surface area contributed by atoms with Crippen molar-refractivity contribution in [2.24, 2.45) is 11.8 Å². The lowest BCUT2D eigenvalue weighted by Crippen LogP contribution is -2.30. The molecule has 0 aliphatic rings. The minimum Gasteiger partial charge on any atom is -0.465 e. The van der Waals surface area contributed by atoms with E-state index >= 15 is 0 Å². The maximum absolute atomic E-state index is 12.7. The fourth-order valence-electron chi connectivity index (χ4n) is 8.07. The Morgan fingerprint density at radius 1 is 0.353 bits per heavy atom. The van der Waals surface area contributed by atoms with Crippen molar-refractivity contribution in [1.82, 2.24) is 0 Å². The number of nitrogens with zero attached hydrogens (tertiary/aromatic N) is 2. The number of ether oxygens (including phenoxy) is 4. The van der Waals surface area contributed by atoms with Gasteiger partial charge in [-0.15, -0.1) is 0 Å². The molecule has 0 unspecified atom stereocenters. The molecular weight excluding hydrogens is 853 g/mol. The zero-order valence-electron chi connectivity index (χ0n) is 40.7. The molecular formula is C58H64N2O8. The van der Waals surface area contributed by atoms with Crippen LogP contribution in [-0.4, -0.2) is 50.3 Å². The Kier molecular flexibility index (Phi) is 17.7. The van der Waals surface area contributed by atoms with Crippen LogP contribution in [0, 0.1) is 39.5 Å². The minimum absolute atomic E-state index is 0.180. The first-order chi connectivity index (χ1) is 32.8. The molecule has 0 atom stereocenters. The average Bonchev–Trinajstić information content (AvgIpc) is 3.33. The summed E-state index contributed by atoms with van der Waals surface area (Å²) in [5.74, 6) is -4.39. The third-order valence-corrected chi connectivity index (χ3v) is 12.1. The lowest BCUT2D eigenvalue weighted by atomic mass is 9.98. The van der Waals surface area contributed by atoms with Crippen LogP contribution in [0.3, 0.4) is 0 Å². The van der Waals surface area contributed by atoms with Crippen molar-refractivity contribution in [3.63, 3.8) is 0 Å². The molecule has 0 spiro atoms. The molecule has 0 aromatic heterocycles. The molecule has 10 nitrogen and oxygen atoms in total. The summed E-state index contributed by atoms with van der Waals surface area (Å²) >= 11 is 0. The van der Waals surface area contributed by atoms with Crippen molar-refractivity contribution in [1.29, 1.82) is 0 Å². The fraction of sp³-hybridized carbons (Fsp3) is 0.310. The van der Waals surface area contributed by atoms with E-state index in [-0.39, 0.29) is 39.3 Å². The maximum Gasteiger partial charge on any atom is 0.320 e. The van der Waals surface area contributed by atoms with Crippen molar-refractivity contribution in [2.45, 2.75) is 81.1 Å². The van der Waals surface area contributed by atoms with Gasteiger partial charge in [-0.25, -0.2) is 0 Å². The summed E-state index contributed by atoms with van der Waals surface area (Å²) in [5, 5.41) is 0. The van der Waals surface area contributed by atoms with Gasteiger partial charge in [-0.1, -0.05) is 60.7 Å². The topological polar surface area (TPSA) is 112 Å². The van der Waals surface area contributed by atoms with Gasteiger partial charge in [0.15, 0.2) is 11.8 Å². The van der Waals surface area contributed by atoms with Crippen molar-refractivity contribution in [2.75, 3.05) is 36.2 Å². The lowest BCUT2D eigenvalue weighted by Gasteiger charge is -2.27. The largest absolute Gasteiger partial charge is 0.465 e. The van der Waals surface area contributed by atoms with E-state index in [1.54, 1.807) is 27.7 Å². The highest BCUT2D eigenvalue weighted by molar-refractivity contribution is 5.96. The standard InChI is InChI=1S/C58H64N2O8/c1-9-65-55(61)53(56(62)66-10-2)37-45-21-31-49(32-22-45)59(51-25-13-39(5)41(7)35-51)47-27-17-43(18-28-47)15-16-44-19-29-48(30-20-44)60(52-26-14-40(6)42(8)36-52)50-33-23-46(24-34-50)38-54(57(63)67-11-3)58(64)68-12-4/h13-14,17-36,53-54H,9-12,15-16,37-38H2,1-8H3. The molecule has 0 bridgehead atoms. The molecule has 68 heavy (non-hydrogen) atoms. The molecule has 6 aromatic carbocycles. The van der Waals surface area contributed by atoms with Gasteiger partial charge in [0.05, 0.1) is 26.4 Å². The Morgan fingerprint density at radius 2 is 0.603 bits per heavy atom. The van der Waals surface area contributed by atoms with Crippen LogP contribution < -0.4 is 9.80 Å². The summed E-state index contributed by atoms with van der Waals surface area (Å²) in [6, 6.07) is 46.1. The summed E-state index contributed by atoms with van der Waals surface area (Å²) in [6.45, 7) is 16.0. The van der Waals surface area contributed by atoms with Crippen LogP contribution in [0.1, 0.15) is 72.2 Å². The first-order valence-corrected chi connectivity index (χ1v) is 23.6. The van der Waals surface area contributed by atoms with E-state index in [1.807, 2.05) is 48.5 Å². The van der Waals surface area contributed by atoms with E-state index in [4.69, 9.17) is 18.9 Å². The highest BCUT2D eigenvalue weighted by atomic mass is 16.6.